The minimum absolute atomic E-state index is 0.360. The average molecular weight is 354 g/mol. The number of methoxy groups -OCH3 is 1. The predicted octanol–water partition coefficient (Wildman–Crippen LogP) is 3.02. The number of H-pyrrole nitrogens is 1. The summed E-state index contributed by atoms with van der Waals surface area (Å²) in [5, 5.41) is 4.77. The van der Waals surface area contributed by atoms with Gasteiger partial charge in [0, 0.05) is 23.1 Å². The van der Waals surface area contributed by atoms with Crippen LogP contribution in [0.3, 0.4) is 0 Å². The molecule has 6 nitrogen and oxygen atoms in total. The molecule has 1 aromatic heterocycles. The van der Waals surface area contributed by atoms with E-state index in [-0.39, 0.29) is 0 Å². The molecule has 3 heterocycles. The number of carbonyl (C=O) groups excluding carboxylic acids is 1. The fourth-order valence-electron chi connectivity index (χ4n) is 2.96. The summed E-state index contributed by atoms with van der Waals surface area (Å²) < 4.78 is 14.0. The van der Waals surface area contributed by atoms with Crippen LogP contribution in [0.25, 0.3) is 10.9 Å². The fourth-order valence-corrected chi connectivity index (χ4v) is 2.96. The molecule has 0 bridgehead atoms. The number of hydrogen-bond donors (Lipinski definition) is 2. The van der Waals surface area contributed by atoms with Gasteiger partial charge in [-0.25, -0.2) is 0 Å². The summed E-state index contributed by atoms with van der Waals surface area (Å²) >= 11 is 0. The van der Waals surface area contributed by atoms with E-state index in [1.165, 1.54) is 29.3 Å². The summed E-state index contributed by atoms with van der Waals surface area (Å²) in [5.41, 5.74) is 4.15. The highest BCUT2D eigenvalue weighted by molar-refractivity contribution is 5.84. The van der Waals surface area contributed by atoms with Crippen molar-refractivity contribution in [2.45, 2.75) is 13.0 Å². The SMILES string of the molecule is COC=O.c1ccc2c(c1)OCO2.c1ccc2c3c([nH]c2c1)CNCC3. The third kappa shape index (κ3) is 4.15. The van der Waals surface area contributed by atoms with Crippen LogP contribution in [-0.2, 0) is 22.5 Å². The van der Waals surface area contributed by atoms with E-state index >= 15 is 0 Å². The van der Waals surface area contributed by atoms with Crippen LogP contribution in [-0.4, -0.2) is 31.9 Å². The van der Waals surface area contributed by atoms with Gasteiger partial charge in [0.1, 0.15) is 0 Å². The van der Waals surface area contributed by atoms with Crippen molar-refractivity contribution in [1.29, 1.82) is 0 Å². The molecule has 26 heavy (non-hydrogen) atoms. The van der Waals surface area contributed by atoms with Crippen molar-refractivity contribution in [2.75, 3.05) is 20.4 Å². The lowest BCUT2D eigenvalue weighted by atomic mass is 10.1. The zero-order valence-electron chi connectivity index (χ0n) is 14.7. The van der Waals surface area contributed by atoms with Crippen molar-refractivity contribution in [2.24, 2.45) is 0 Å². The van der Waals surface area contributed by atoms with Crippen molar-refractivity contribution >= 4 is 17.4 Å². The first kappa shape index (κ1) is 17.8. The van der Waals surface area contributed by atoms with E-state index in [0.717, 1.165) is 31.0 Å². The van der Waals surface area contributed by atoms with Gasteiger partial charge in [0.25, 0.3) is 6.47 Å². The largest absolute Gasteiger partial charge is 0.471 e. The van der Waals surface area contributed by atoms with E-state index < -0.39 is 0 Å². The van der Waals surface area contributed by atoms with Crippen LogP contribution in [0.1, 0.15) is 11.3 Å². The van der Waals surface area contributed by atoms with Crippen molar-refractivity contribution < 1.29 is 19.0 Å². The van der Waals surface area contributed by atoms with Gasteiger partial charge in [0.05, 0.1) is 7.11 Å². The molecule has 0 saturated heterocycles. The third-order valence-corrected chi connectivity index (χ3v) is 4.13. The monoisotopic (exact) mass is 354 g/mol. The number of fused-ring (bicyclic) bond motifs is 4. The summed E-state index contributed by atoms with van der Waals surface area (Å²) in [6, 6.07) is 16.2. The molecule has 2 aliphatic rings. The van der Waals surface area contributed by atoms with Crippen LogP contribution in [0.5, 0.6) is 11.5 Å². The predicted molar refractivity (Wildman–Crippen MR) is 99.3 cm³/mol. The molecule has 0 fully saturated rings. The number of carbonyl (C=O) groups is 1. The van der Waals surface area contributed by atoms with Crippen LogP contribution >= 0.6 is 0 Å². The van der Waals surface area contributed by atoms with Gasteiger partial charge >= 0.3 is 0 Å². The number of rotatable bonds is 1. The van der Waals surface area contributed by atoms with E-state index in [4.69, 9.17) is 14.3 Å². The quantitative estimate of drug-likeness (QED) is 0.657. The molecule has 0 unspecified atom stereocenters. The maximum absolute atomic E-state index is 8.95. The van der Waals surface area contributed by atoms with Gasteiger partial charge in [-0.15, -0.1) is 0 Å². The topological polar surface area (TPSA) is 72.6 Å². The molecule has 0 saturated carbocycles. The summed E-state index contributed by atoms with van der Waals surface area (Å²) in [4.78, 5) is 12.4. The lowest BCUT2D eigenvalue weighted by Gasteiger charge is -2.12. The van der Waals surface area contributed by atoms with Gasteiger partial charge in [0.2, 0.25) is 6.79 Å². The lowest BCUT2D eigenvalue weighted by Crippen LogP contribution is -2.22. The number of aromatic amines is 1. The van der Waals surface area contributed by atoms with Crippen LogP contribution in [0.4, 0.5) is 0 Å². The van der Waals surface area contributed by atoms with Crippen molar-refractivity contribution in [3.63, 3.8) is 0 Å². The molecule has 2 N–H and O–H groups in total. The number of benzene rings is 2. The maximum atomic E-state index is 8.95. The highest BCUT2D eigenvalue weighted by Gasteiger charge is 2.13. The summed E-state index contributed by atoms with van der Waals surface area (Å²) in [6.07, 6.45) is 1.15. The Morgan fingerprint density at radius 3 is 2.38 bits per heavy atom. The van der Waals surface area contributed by atoms with Crippen molar-refractivity contribution in [1.82, 2.24) is 10.3 Å². The zero-order valence-corrected chi connectivity index (χ0v) is 14.7. The molecule has 136 valence electrons. The van der Waals surface area contributed by atoms with Gasteiger partial charge in [-0.2, -0.15) is 0 Å². The van der Waals surface area contributed by atoms with E-state index in [2.05, 4.69) is 39.3 Å². The minimum Gasteiger partial charge on any atom is -0.471 e. The molecule has 6 heteroatoms. The number of hydrogen-bond acceptors (Lipinski definition) is 5. The third-order valence-electron chi connectivity index (χ3n) is 4.13. The molecule has 0 spiro atoms. The minimum atomic E-state index is 0.360. The lowest BCUT2D eigenvalue weighted by molar-refractivity contribution is -0.126. The van der Waals surface area contributed by atoms with Gasteiger partial charge < -0.3 is 24.5 Å². The van der Waals surface area contributed by atoms with Gasteiger partial charge in [-0.05, 0) is 36.7 Å². The average Bonchev–Trinajstić information content (AvgIpc) is 3.33. The highest BCUT2D eigenvalue weighted by atomic mass is 16.7. The second kappa shape index (κ2) is 8.92. The van der Waals surface area contributed by atoms with E-state index in [9.17, 15) is 0 Å². The standard InChI is InChI=1S/C11H12N2.C7H6O2.C2H4O2/c1-2-4-10-8(3-1)9-5-6-12-7-11(9)13-10;1-2-4-7-6(3-1)8-5-9-7;1-4-2-3/h1-4,12-13H,5-7H2;1-4H,5H2;2H,1H3. The number of nitrogens with one attached hydrogen (secondary N) is 2. The molecule has 2 aromatic carbocycles. The molecule has 3 aromatic rings. The first-order valence-corrected chi connectivity index (χ1v) is 8.43. The smallest absolute Gasteiger partial charge is 0.292 e. The number of para-hydroxylation sites is 3. The first-order chi connectivity index (χ1) is 12.8. The van der Waals surface area contributed by atoms with E-state index in [0.29, 0.717) is 13.3 Å². The maximum Gasteiger partial charge on any atom is 0.292 e. The summed E-state index contributed by atoms with van der Waals surface area (Å²) in [7, 11) is 1.31. The number of ether oxygens (including phenoxy) is 3. The Hall–Kier alpha value is -2.99. The molecule has 0 amide bonds. The molecule has 5 rings (SSSR count). The van der Waals surface area contributed by atoms with Crippen molar-refractivity contribution in [3.8, 4) is 11.5 Å². The molecule has 0 atom stereocenters. The van der Waals surface area contributed by atoms with Gasteiger partial charge in [0.15, 0.2) is 11.5 Å². The highest BCUT2D eigenvalue weighted by Crippen LogP contribution is 2.30. The van der Waals surface area contributed by atoms with Crippen LogP contribution < -0.4 is 14.8 Å². The van der Waals surface area contributed by atoms with Crippen LogP contribution in [0.15, 0.2) is 48.5 Å². The Morgan fingerprint density at radius 1 is 1.04 bits per heavy atom. The Labute approximate surface area is 152 Å². The Balaban J connectivity index is 0.000000131. The fraction of sp³-hybridized carbons (Fsp3) is 0.250. The van der Waals surface area contributed by atoms with Gasteiger partial charge in [-0.1, -0.05) is 30.3 Å². The molecular formula is C20H22N2O4. The first-order valence-electron chi connectivity index (χ1n) is 8.43. The Morgan fingerprint density at radius 2 is 1.69 bits per heavy atom. The van der Waals surface area contributed by atoms with Gasteiger partial charge in [-0.3, -0.25) is 4.79 Å². The summed E-state index contributed by atoms with van der Waals surface area (Å²) in [6.45, 7) is 2.83. The van der Waals surface area contributed by atoms with E-state index in [1.807, 2.05) is 24.3 Å². The second-order valence-electron chi connectivity index (χ2n) is 5.74. The Bertz CT molecular complexity index is 837. The van der Waals surface area contributed by atoms with Crippen LogP contribution in [0.2, 0.25) is 0 Å². The molecule has 0 radical (unpaired) electrons. The molecule has 0 aliphatic carbocycles. The second-order valence-corrected chi connectivity index (χ2v) is 5.74. The number of aromatic nitrogens is 1. The van der Waals surface area contributed by atoms with E-state index in [1.54, 1.807) is 0 Å². The summed E-state index contributed by atoms with van der Waals surface area (Å²) in [5.74, 6) is 1.69. The zero-order chi connectivity index (χ0) is 18.2. The normalized spacial score (nSPS) is 13.6. The molecule has 2 aliphatic heterocycles. The van der Waals surface area contributed by atoms with Crippen LogP contribution in [0, 0.1) is 0 Å². The Kier molecular flexibility index (Phi) is 6.11. The van der Waals surface area contributed by atoms with Crippen molar-refractivity contribution in [3.05, 3.63) is 59.8 Å². The molecular weight excluding hydrogens is 332 g/mol.